The second-order valence-electron chi connectivity index (χ2n) is 21.3. The van der Waals surface area contributed by atoms with Crippen molar-refractivity contribution in [3.05, 3.63) is 119 Å². The second kappa shape index (κ2) is 21.8. The Morgan fingerprint density at radius 3 is 1.38 bits per heavy atom. The first-order valence-electron chi connectivity index (χ1n) is 24.8. The van der Waals surface area contributed by atoms with E-state index in [2.05, 4.69) is 39.3 Å². The molecule has 0 fully saturated rings. The van der Waals surface area contributed by atoms with Gasteiger partial charge in [0.05, 0.1) is 49.9 Å². The molecule has 0 bridgehead atoms. The molecule has 0 unspecified atom stereocenters. The Hall–Kier alpha value is -6.25. The maximum absolute atomic E-state index is 14.6. The smallest absolute Gasteiger partial charge is 0.260 e. The number of nitrogens with zero attached hydrogens (tertiary/aromatic N) is 4. The molecule has 4 aliphatic rings. The van der Waals surface area contributed by atoms with Gasteiger partial charge in [-0.1, -0.05) is 93.4 Å². The van der Waals surface area contributed by atoms with Crippen LogP contribution in [0.2, 0.25) is 51.4 Å². The number of methoxy groups -OCH3 is 2. The van der Waals surface area contributed by atoms with Crippen LogP contribution < -0.4 is 34.5 Å². The Kier molecular flexibility index (Phi) is 15.8. The van der Waals surface area contributed by atoms with Crippen LogP contribution in [0.4, 0.5) is 11.4 Å². The summed E-state index contributed by atoms with van der Waals surface area (Å²) in [4.78, 5) is 64.3. The second-order valence-corrected chi connectivity index (χ2v) is 32.5. The highest BCUT2D eigenvalue weighted by Gasteiger charge is 2.45. The fourth-order valence-electron chi connectivity index (χ4n) is 9.12. The van der Waals surface area contributed by atoms with Crippen LogP contribution in [0.1, 0.15) is 62.2 Å². The molecule has 0 aromatic heterocycles. The predicted octanol–water partition coefficient (Wildman–Crippen LogP) is 9.15. The molecule has 2 atom stereocenters. The van der Waals surface area contributed by atoms with E-state index in [1.54, 1.807) is 51.4 Å². The van der Waals surface area contributed by atoms with E-state index < -0.39 is 28.2 Å². The molecule has 0 aliphatic carbocycles. The van der Waals surface area contributed by atoms with Gasteiger partial charge in [0.25, 0.3) is 23.6 Å². The molecule has 4 aromatic rings. The van der Waals surface area contributed by atoms with Gasteiger partial charge in [-0.3, -0.25) is 29.0 Å². The van der Waals surface area contributed by atoms with Gasteiger partial charge in [-0.25, -0.2) is 0 Å². The standard InChI is InChI=1S/C55H69N5O10Si2/c1-36-11-15-38(16-12-36)40-25-46-54(63)59(34-67-21-23-71(4,5)6)44-29-50(48(65-2)27-42(44)52(61)57(46)32-40)69-19-10-20-70-51-30-45-43(28-49(51)66-3)53(62)58-33-41(39-17-13-37(31-56)14-18-39)26-47(58)55(64)60(45)35-68-22-24-72(7,8)9/h11-18,27-30,32-33,46-47H,10,19-26,31,34-35,56H2,1-9H3/t46-,47-/m0/s1. The van der Waals surface area contributed by atoms with Crippen molar-refractivity contribution in [2.24, 2.45) is 5.73 Å². The monoisotopic (exact) mass is 1020 g/mol. The van der Waals surface area contributed by atoms with Gasteiger partial charge in [0.2, 0.25) is 0 Å². The Balaban J connectivity index is 1.01. The molecule has 0 spiro atoms. The number of fused-ring (bicyclic) bond motifs is 4. The molecular weight excluding hydrogens is 947 g/mol. The van der Waals surface area contributed by atoms with Crippen LogP contribution >= 0.6 is 0 Å². The van der Waals surface area contributed by atoms with Gasteiger partial charge < -0.3 is 44.0 Å². The van der Waals surface area contributed by atoms with Gasteiger partial charge in [-0.05, 0) is 59.0 Å². The molecule has 382 valence electrons. The van der Waals surface area contributed by atoms with Crippen molar-refractivity contribution in [1.82, 2.24) is 9.80 Å². The van der Waals surface area contributed by atoms with E-state index in [1.807, 2.05) is 55.5 Å². The average molecular weight is 1020 g/mol. The van der Waals surface area contributed by atoms with E-state index in [0.717, 1.165) is 45.5 Å². The molecule has 4 aliphatic heterocycles. The SMILES string of the molecule is COc1cc2c(cc1OCCCOc1cc3c(cc1OC)C(=O)N1C=C(c4ccc(CN)cc4)C[C@H]1C(=O)N3COCC[Si](C)(C)C)N(COCC[Si](C)(C)C)C(=O)[C@@H]1CC(c3ccc(C)cc3)=CN1C2=O. The van der Waals surface area contributed by atoms with Crippen molar-refractivity contribution in [2.75, 3.05) is 63.9 Å². The Bertz CT molecular complexity index is 2750. The summed E-state index contributed by atoms with van der Waals surface area (Å²) < 4.78 is 36.7. The number of anilines is 2. The zero-order chi connectivity index (χ0) is 51.5. The lowest BCUT2D eigenvalue weighted by Crippen LogP contribution is -2.45. The van der Waals surface area contributed by atoms with Crippen molar-refractivity contribution < 1.29 is 47.6 Å². The highest BCUT2D eigenvalue weighted by atomic mass is 28.3. The van der Waals surface area contributed by atoms with Gasteiger partial charge in [0.15, 0.2) is 23.0 Å². The zero-order valence-corrected chi connectivity index (χ0v) is 45.2. The Morgan fingerprint density at radius 1 is 0.569 bits per heavy atom. The summed E-state index contributed by atoms with van der Waals surface area (Å²) in [7, 11) is 0.138. The van der Waals surface area contributed by atoms with Crippen LogP contribution in [0.3, 0.4) is 0 Å². The van der Waals surface area contributed by atoms with Gasteiger partial charge in [0, 0.05) is 79.7 Å². The molecule has 15 nitrogen and oxygen atoms in total. The maximum atomic E-state index is 14.6. The average Bonchev–Trinajstić information content (AvgIpc) is 3.98. The van der Waals surface area contributed by atoms with Crippen LogP contribution in [0.25, 0.3) is 11.1 Å². The van der Waals surface area contributed by atoms with E-state index >= 15 is 0 Å². The van der Waals surface area contributed by atoms with Gasteiger partial charge in [-0.2, -0.15) is 0 Å². The number of aryl methyl sites for hydroxylation is 1. The molecular formula is C55H69N5O10Si2. The number of hydrogen-bond donors (Lipinski definition) is 1. The van der Waals surface area contributed by atoms with Crippen molar-refractivity contribution in [3.63, 3.8) is 0 Å². The topological polar surface area (TPSA) is 163 Å². The van der Waals surface area contributed by atoms with Crippen LogP contribution in [-0.2, 0) is 25.6 Å². The van der Waals surface area contributed by atoms with Gasteiger partial charge in [0.1, 0.15) is 25.5 Å². The first kappa shape index (κ1) is 52.1. The number of ether oxygens (including phenoxy) is 6. The fourth-order valence-corrected chi connectivity index (χ4v) is 10.6. The first-order valence-corrected chi connectivity index (χ1v) is 32.2. The first-order chi connectivity index (χ1) is 34.4. The third-order valence-electron chi connectivity index (χ3n) is 13.5. The number of amides is 4. The van der Waals surface area contributed by atoms with Crippen molar-refractivity contribution >= 4 is 62.3 Å². The normalized spacial score (nSPS) is 17.8. The zero-order valence-electron chi connectivity index (χ0n) is 43.2. The van der Waals surface area contributed by atoms with E-state index in [9.17, 15) is 19.2 Å². The lowest BCUT2D eigenvalue weighted by Gasteiger charge is -2.27. The lowest BCUT2D eigenvalue weighted by atomic mass is 10.0. The van der Waals surface area contributed by atoms with Crippen LogP contribution in [0.15, 0.2) is 85.2 Å². The number of rotatable bonds is 21. The van der Waals surface area contributed by atoms with Gasteiger partial charge >= 0.3 is 0 Å². The molecule has 0 saturated carbocycles. The van der Waals surface area contributed by atoms with E-state index in [0.29, 0.717) is 79.0 Å². The summed E-state index contributed by atoms with van der Waals surface area (Å²) in [5.41, 5.74) is 12.9. The summed E-state index contributed by atoms with van der Waals surface area (Å²) >= 11 is 0. The lowest BCUT2D eigenvalue weighted by molar-refractivity contribution is -0.123. The number of benzene rings is 4. The third-order valence-corrected chi connectivity index (χ3v) is 16.9. The number of hydrogen-bond acceptors (Lipinski definition) is 11. The number of carbonyl (C=O) groups is 4. The molecule has 4 heterocycles. The highest BCUT2D eigenvalue weighted by Crippen LogP contribution is 2.44. The maximum Gasteiger partial charge on any atom is 0.260 e. The minimum absolute atomic E-state index is 0.0321. The summed E-state index contributed by atoms with van der Waals surface area (Å²) in [6.07, 6.45) is 4.66. The summed E-state index contributed by atoms with van der Waals surface area (Å²) in [5, 5.41) is 0. The van der Waals surface area contributed by atoms with E-state index in [-0.39, 0.29) is 55.9 Å². The van der Waals surface area contributed by atoms with Crippen LogP contribution in [-0.4, -0.2) is 116 Å². The molecule has 0 saturated heterocycles. The minimum atomic E-state index is -1.44. The Labute approximate surface area is 425 Å². The van der Waals surface area contributed by atoms with Crippen molar-refractivity contribution in [1.29, 1.82) is 0 Å². The van der Waals surface area contributed by atoms with E-state index in [4.69, 9.17) is 34.2 Å². The molecule has 4 aromatic carbocycles. The molecule has 8 rings (SSSR count). The van der Waals surface area contributed by atoms with Crippen LogP contribution in [0, 0.1) is 6.92 Å². The predicted molar refractivity (Wildman–Crippen MR) is 285 cm³/mol. The van der Waals surface area contributed by atoms with Crippen molar-refractivity contribution in [2.45, 2.75) is 96.2 Å². The van der Waals surface area contributed by atoms with Crippen LogP contribution in [0.5, 0.6) is 23.0 Å². The summed E-state index contributed by atoms with van der Waals surface area (Å²) in [6, 6.07) is 22.8. The van der Waals surface area contributed by atoms with Crippen molar-refractivity contribution in [3.8, 4) is 23.0 Å². The molecule has 72 heavy (non-hydrogen) atoms. The molecule has 17 heteroatoms. The number of carbonyl (C=O) groups excluding carboxylic acids is 4. The fraction of sp³-hybridized carbons (Fsp3) is 0.418. The molecule has 2 N–H and O–H groups in total. The molecule has 4 amide bonds. The Morgan fingerprint density at radius 2 is 0.986 bits per heavy atom. The van der Waals surface area contributed by atoms with Gasteiger partial charge in [-0.15, -0.1) is 0 Å². The third kappa shape index (κ3) is 11.5. The largest absolute Gasteiger partial charge is 0.493 e. The quantitative estimate of drug-likeness (QED) is 0.0626. The van der Waals surface area contributed by atoms with E-state index in [1.165, 1.54) is 19.1 Å². The summed E-state index contributed by atoms with van der Waals surface area (Å²) in [6.45, 7) is 17.3. The number of nitrogens with two attached hydrogens (primary N) is 1. The summed E-state index contributed by atoms with van der Waals surface area (Å²) in [5.74, 6) is 0.174. The minimum Gasteiger partial charge on any atom is -0.493 e. The molecule has 0 radical (unpaired) electrons. The highest BCUT2D eigenvalue weighted by molar-refractivity contribution is 6.76.